The standard InChI is InChI=1S/C20H23N5S2/c26-20-21-19(7-6-17-4-2-1-3-5-17)22-25(20)16-24-11-9-23(10-12-24)14-18-8-13-27-15-18/h1-8,13,15H,9-12,14,16H2,(H,21,22,26). The number of thiophene rings is 1. The van der Waals surface area contributed by atoms with Gasteiger partial charge < -0.3 is 0 Å². The van der Waals surface area contributed by atoms with Gasteiger partial charge in [-0.2, -0.15) is 16.3 Å². The Morgan fingerprint density at radius 2 is 1.81 bits per heavy atom. The van der Waals surface area contributed by atoms with Gasteiger partial charge in [-0.05, 0) is 46.2 Å². The second-order valence-corrected chi connectivity index (χ2v) is 7.88. The molecule has 1 aromatic carbocycles. The molecule has 0 amide bonds. The van der Waals surface area contributed by atoms with Gasteiger partial charge in [0, 0.05) is 32.7 Å². The molecule has 1 aliphatic rings. The van der Waals surface area contributed by atoms with Gasteiger partial charge in [0.25, 0.3) is 0 Å². The Morgan fingerprint density at radius 1 is 1.04 bits per heavy atom. The average Bonchev–Trinajstić information content (AvgIpc) is 3.32. The highest BCUT2D eigenvalue weighted by molar-refractivity contribution is 7.71. The maximum atomic E-state index is 5.42. The van der Waals surface area contributed by atoms with Gasteiger partial charge in [0.15, 0.2) is 0 Å². The lowest BCUT2D eigenvalue weighted by molar-refractivity contribution is 0.0982. The largest absolute Gasteiger partial charge is 0.297 e. The van der Waals surface area contributed by atoms with Crippen molar-refractivity contribution in [1.29, 1.82) is 0 Å². The lowest BCUT2D eigenvalue weighted by Crippen LogP contribution is -2.46. The van der Waals surface area contributed by atoms with Crippen molar-refractivity contribution in [2.45, 2.75) is 13.2 Å². The Labute approximate surface area is 168 Å². The fourth-order valence-electron chi connectivity index (χ4n) is 3.21. The molecule has 0 unspecified atom stereocenters. The summed E-state index contributed by atoms with van der Waals surface area (Å²) in [6, 6.07) is 12.4. The predicted molar refractivity (Wildman–Crippen MR) is 114 cm³/mol. The van der Waals surface area contributed by atoms with E-state index in [9.17, 15) is 0 Å². The molecule has 1 saturated heterocycles. The molecule has 5 nitrogen and oxygen atoms in total. The molecule has 27 heavy (non-hydrogen) atoms. The van der Waals surface area contributed by atoms with Crippen molar-refractivity contribution in [3.63, 3.8) is 0 Å². The minimum atomic E-state index is 0.600. The highest BCUT2D eigenvalue weighted by Crippen LogP contribution is 2.12. The van der Waals surface area contributed by atoms with Crippen molar-refractivity contribution >= 4 is 35.7 Å². The van der Waals surface area contributed by atoms with Crippen LogP contribution in [0.5, 0.6) is 0 Å². The lowest BCUT2D eigenvalue weighted by atomic mass is 10.2. The van der Waals surface area contributed by atoms with Crippen LogP contribution in [0.2, 0.25) is 0 Å². The minimum absolute atomic E-state index is 0.600. The Bertz CT molecular complexity index is 919. The molecule has 7 heteroatoms. The van der Waals surface area contributed by atoms with Crippen LogP contribution in [-0.2, 0) is 13.2 Å². The molecule has 1 fully saturated rings. The number of aromatic nitrogens is 3. The second kappa shape index (κ2) is 8.75. The van der Waals surface area contributed by atoms with E-state index < -0.39 is 0 Å². The summed E-state index contributed by atoms with van der Waals surface area (Å²) in [5.41, 5.74) is 2.56. The minimum Gasteiger partial charge on any atom is -0.297 e. The van der Waals surface area contributed by atoms with Gasteiger partial charge in [-0.15, -0.1) is 0 Å². The summed E-state index contributed by atoms with van der Waals surface area (Å²) in [6.07, 6.45) is 4.02. The smallest absolute Gasteiger partial charge is 0.217 e. The molecule has 4 rings (SSSR count). The van der Waals surface area contributed by atoms with Crippen LogP contribution in [0.3, 0.4) is 0 Å². The van der Waals surface area contributed by atoms with E-state index in [-0.39, 0.29) is 0 Å². The summed E-state index contributed by atoms with van der Waals surface area (Å²) < 4.78 is 2.55. The van der Waals surface area contributed by atoms with Gasteiger partial charge in [0.2, 0.25) is 4.77 Å². The maximum absolute atomic E-state index is 5.42. The molecule has 3 aromatic rings. The molecule has 1 aliphatic heterocycles. The summed E-state index contributed by atoms with van der Waals surface area (Å²) in [5, 5.41) is 7.69. The van der Waals surface area contributed by atoms with Crippen molar-refractivity contribution in [3.8, 4) is 0 Å². The molecule has 0 aliphatic carbocycles. The lowest BCUT2D eigenvalue weighted by Gasteiger charge is -2.34. The molecule has 0 atom stereocenters. The zero-order chi connectivity index (χ0) is 18.5. The van der Waals surface area contributed by atoms with Crippen molar-refractivity contribution in [3.05, 3.63) is 68.9 Å². The van der Waals surface area contributed by atoms with E-state index in [0.29, 0.717) is 4.77 Å². The van der Waals surface area contributed by atoms with Crippen LogP contribution in [0.25, 0.3) is 12.2 Å². The number of nitrogens with zero attached hydrogens (tertiary/aromatic N) is 4. The third kappa shape index (κ3) is 5.01. The van der Waals surface area contributed by atoms with Crippen molar-refractivity contribution in [2.75, 3.05) is 26.2 Å². The highest BCUT2D eigenvalue weighted by atomic mass is 32.1. The van der Waals surface area contributed by atoms with E-state index in [2.05, 4.69) is 48.8 Å². The third-order valence-electron chi connectivity index (χ3n) is 4.72. The van der Waals surface area contributed by atoms with Crippen LogP contribution >= 0.6 is 23.6 Å². The normalized spacial score (nSPS) is 16.3. The molecule has 0 bridgehead atoms. The van der Waals surface area contributed by atoms with Crippen molar-refractivity contribution < 1.29 is 0 Å². The van der Waals surface area contributed by atoms with Crippen LogP contribution in [0.4, 0.5) is 0 Å². The number of hydrogen-bond acceptors (Lipinski definition) is 5. The van der Waals surface area contributed by atoms with E-state index in [1.165, 1.54) is 5.56 Å². The van der Waals surface area contributed by atoms with Gasteiger partial charge in [-0.1, -0.05) is 36.4 Å². The van der Waals surface area contributed by atoms with Crippen LogP contribution in [0, 0.1) is 4.77 Å². The Kier molecular flexibility index (Phi) is 5.94. The summed E-state index contributed by atoms with van der Waals surface area (Å²) in [5.74, 6) is 0.792. The first kappa shape index (κ1) is 18.3. The molecule has 1 N–H and O–H groups in total. The van der Waals surface area contributed by atoms with E-state index in [4.69, 9.17) is 12.2 Å². The van der Waals surface area contributed by atoms with Gasteiger partial charge in [-0.25, -0.2) is 4.68 Å². The Morgan fingerprint density at radius 3 is 2.56 bits per heavy atom. The molecule has 0 spiro atoms. The first-order valence-corrected chi connectivity index (χ1v) is 10.5. The topological polar surface area (TPSA) is 40.1 Å². The second-order valence-electron chi connectivity index (χ2n) is 6.73. The van der Waals surface area contributed by atoms with E-state index in [1.54, 1.807) is 11.3 Å². The van der Waals surface area contributed by atoms with Gasteiger partial charge in [0.05, 0.1) is 6.67 Å². The monoisotopic (exact) mass is 397 g/mol. The van der Waals surface area contributed by atoms with Gasteiger partial charge >= 0.3 is 0 Å². The Hall–Kier alpha value is -2.06. The highest BCUT2D eigenvalue weighted by Gasteiger charge is 2.17. The quantitative estimate of drug-likeness (QED) is 0.640. The number of hydrogen-bond donors (Lipinski definition) is 1. The maximum Gasteiger partial charge on any atom is 0.217 e. The first-order valence-electron chi connectivity index (χ1n) is 9.12. The summed E-state index contributed by atoms with van der Waals surface area (Å²) >= 11 is 7.19. The molecule has 3 heterocycles. The number of benzene rings is 1. The van der Waals surface area contributed by atoms with Crippen LogP contribution < -0.4 is 0 Å². The van der Waals surface area contributed by atoms with Crippen LogP contribution in [-0.4, -0.2) is 50.7 Å². The average molecular weight is 398 g/mol. The molecule has 2 aromatic heterocycles. The SMILES string of the molecule is S=c1nc(C=Cc2ccccc2)[nH]n1CN1CCN(Cc2ccsc2)CC1. The van der Waals surface area contributed by atoms with Gasteiger partial charge in [0.1, 0.15) is 5.82 Å². The Balaban J connectivity index is 1.32. The number of H-pyrrole nitrogens is 1. The predicted octanol–water partition coefficient (Wildman–Crippen LogP) is 3.95. The van der Waals surface area contributed by atoms with E-state index in [1.807, 2.05) is 35.0 Å². The fourth-order valence-corrected chi connectivity index (χ4v) is 4.08. The number of rotatable bonds is 6. The molecule has 0 radical (unpaired) electrons. The van der Waals surface area contributed by atoms with E-state index >= 15 is 0 Å². The van der Waals surface area contributed by atoms with Gasteiger partial charge in [-0.3, -0.25) is 14.9 Å². The van der Waals surface area contributed by atoms with Crippen molar-refractivity contribution in [2.24, 2.45) is 0 Å². The molecule has 0 saturated carbocycles. The third-order valence-corrected chi connectivity index (χ3v) is 5.77. The van der Waals surface area contributed by atoms with E-state index in [0.717, 1.165) is 50.8 Å². The van der Waals surface area contributed by atoms with Crippen LogP contribution in [0.1, 0.15) is 17.0 Å². The molecular weight excluding hydrogens is 374 g/mol. The number of nitrogens with one attached hydrogen (secondary N) is 1. The number of aromatic amines is 1. The zero-order valence-electron chi connectivity index (χ0n) is 15.1. The first-order chi connectivity index (χ1) is 13.3. The van der Waals surface area contributed by atoms with Crippen molar-refractivity contribution in [1.82, 2.24) is 24.6 Å². The van der Waals surface area contributed by atoms with Crippen LogP contribution in [0.15, 0.2) is 47.2 Å². The summed E-state index contributed by atoms with van der Waals surface area (Å²) in [4.78, 5) is 9.39. The summed E-state index contributed by atoms with van der Waals surface area (Å²) in [7, 11) is 0. The molecule has 140 valence electrons. The number of piperazine rings is 1. The summed E-state index contributed by atoms with van der Waals surface area (Å²) in [6.45, 7) is 6.06. The zero-order valence-corrected chi connectivity index (χ0v) is 16.8. The molecular formula is C20H23N5S2. The fraction of sp³-hybridized carbons (Fsp3) is 0.300.